The summed E-state index contributed by atoms with van der Waals surface area (Å²) in [6.45, 7) is 2.07. The van der Waals surface area contributed by atoms with E-state index in [4.69, 9.17) is 33.9 Å². The number of para-hydroxylation sites is 1. The summed E-state index contributed by atoms with van der Waals surface area (Å²) in [5.41, 5.74) is 3.59. The Labute approximate surface area is 292 Å². The van der Waals surface area contributed by atoms with E-state index in [1.54, 1.807) is 63.6 Å². The van der Waals surface area contributed by atoms with E-state index in [2.05, 4.69) is 6.07 Å². The first-order valence-electron chi connectivity index (χ1n) is 15.7. The fourth-order valence-electron chi connectivity index (χ4n) is 5.71. The van der Waals surface area contributed by atoms with Gasteiger partial charge >= 0.3 is 5.97 Å². The second kappa shape index (κ2) is 15.0. The van der Waals surface area contributed by atoms with Gasteiger partial charge in [0.05, 0.1) is 61.4 Å². The lowest BCUT2D eigenvalue weighted by molar-refractivity contribution is -0.138. The van der Waals surface area contributed by atoms with Crippen molar-refractivity contribution in [2.24, 2.45) is 4.99 Å². The third kappa shape index (κ3) is 6.61. The molecule has 4 aromatic carbocycles. The number of thiazole rings is 1. The topological polar surface area (TPSA) is 121 Å². The van der Waals surface area contributed by atoms with E-state index >= 15 is 0 Å². The number of fused-ring (bicyclic) bond motifs is 1. The number of benzene rings is 4. The maximum Gasteiger partial charge on any atom is 0.338 e. The van der Waals surface area contributed by atoms with Gasteiger partial charge < -0.3 is 23.7 Å². The number of hydrogen-bond acceptors (Lipinski definition) is 10. The van der Waals surface area contributed by atoms with Gasteiger partial charge in [-0.15, -0.1) is 0 Å². The van der Waals surface area contributed by atoms with Crippen LogP contribution < -0.4 is 33.8 Å². The van der Waals surface area contributed by atoms with Gasteiger partial charge in [-0.25, -0.2) is 9.79 Å². The molecule has 0 fully saturated rings. The molecule has 0 spiro atoms. The van der Waals surface area contributed by atoms with Crippen LogP contribution in [0.4, 0.5) is 0 Å². The SMILES string of the molecule is CCOC(=O)C1=C(c2ccccc2)N=c2s/c(=C\c3cccc(OC)c3OCc3ccc(C#N)cc3)c(=O)n2[C@@H]1c1ccc(OC)c(OC)c1. The Morgan fingerprint density at radius 1 is 0.920 bits per heavy atom. The molecule has 0 saturated carbocycles. The molecule has 10 nitrogen and oxygen atoms in total. The van der Waals surface area contributed by atoms with E-state index in [0.29, 0.717) is 60.3 Å². The number of rotatable bonds is 11. The average Bonchev–Trinajstić information content (AvgIpc) is 3.47. The lowest BCUT2D eigenvalue weighted by Crippen LogP contribution is -2.40. The molecule has 1 aliphatic rings. The second-order valence-electron chi connectivity index (χ2n) is 11.0. The van der Waals surface area contributed by atoms with Gasteiger partial charge in [0.2, 0.25) is 0 Å². The minimum atomic E-state index is -0.903. The molecule has 0 N–H and O–H groups in total. The van der Waals surface area contributed by atoms with Crippen molar-refractivity contribution in [2.75, 3.05) is 27.9 Å². The Morgan fingerprint density at radius 2 is 1.66 bits per heavy atom. The summed E-state index contributed by atoms with van der Waals surface area (Å²) in [5.74, 6) is 1.28. The number of methoxy groups -OCH3 is 3. The van der Waals surface area contributed by atoms with Crippen LogP contribution in [0.25, 0.3) is 11.8 Å². The van der Waals surface area contributed by atoms with E-state index in [9.17, 15) is 9.59 Å². The summed E-state index contributed by atoms with van der Waals surface area (Å²) in [5, 5.41) is 9.16. The predicted molar refractivity (Wildman–Crippen MR) is 189 cm³/mol. The van der Waals surface area contributed by atoms with Crippen molar-refractivity contribution in [3.05, 3.63) is 144 Å². The van der Waals surface area contributed by atoms with Crippen molar-refractivity contribution in [2.45, 2.75) is 19.6 Å². The first-order chi connectivity index (χ1) is 24.4. The number of carbonyl (C=O) groups excluding carboxylic acids is 1. The third-order valence-electron chi connectivity index (χ3n) is 8.08. The summed E-state index contributed by atoms with van der Waals surface area (Å²) >= 11 is 1.20. The Kier molecular flexibility index (Phi) is 10.1. The molecule has 2 heterocycles. The predicted octanol–water partition coefficient (Wildman–Crippen LogP) is 5.41. The Balaban J connectivity index is 1.56. The minimum Gasteiger partial charge on any atom is -0.493 e. The monoisotopic (exact) mass is 687 g/mol. The van der Waals surface area contributed by atoms with Gasteiger partial charge in [-0.05, 0) is 54.5 Å². The van der Waals surface area contributed by atoms with Gasteiger partial charge in [-0.3, -0.25) is 9.36 Å². The highest BCUT2D eigenvalue weighted by atomic mass is 32.1. The van der Waals surface area contributed by atoms with E-state index in [1.165, 1.54) is 23.0 Å². The molecule has 0 amide bonds. The van der Waals surface area contributed by atoms with Crippen molar-refractivity contribution in [1.82, 2.24) is 4.57 Å². The smallest absolute Gasteiger partial charge is 0.338 e. The Hall–Kier alpha value is -6.12. The maximum absolute atomic E-state index is 14.5. The van der Waals surface area contributed by atoms with Gasteiger partial charge in [0.1, 0.15) is 6.61 Å². The summed E-state index contributed by atoms with van der Waals surface area (Å²) < 4.78 is 30.5. The third-order valence-corrected chi connectivity index (χ3v) is 9.06. The van der Waals surface area contributed by atoms with Crippen LogP contribution in [0.15, 0.2) is 106 Å². The quantitative estimate of drug-likeness (QED) is 0.169. The molecule has 1 atom stereocenters. The van der Waals surface area contributed by atoms with Crippen molar-refractivity contribution >= 4 is 29.1 Å². The zero-order valence-corrected chi connectivity index (χ0v) is 28.7. The molecule has 11 heteroatoms. The summed E-state index contributed by atoms with van der Waals surface area (Å²) in [6, 6.07) is 28.4. The molecule has 1 aromatic heterocycles. The molecule has 50 heavy (non-hydrogen) atoms. The van der Waals surface area contributed by atoms with Crippen LogP contribution >= 0.6 is 11.3 Å². The fourth-order valence-corrected chi connectivity index (χ4v) is 6.70. The number of nitriles is 1. The van der Waals surface area contributed by atoms with Crippen LogP contribution in [0.3, 0.4) is 0 Å². The molecular formula is C39H33N3O7S. The van der Waals surface area contributed by atoms with Crippen LogP contribution in [-0.2, 0) is 16.1 Å². The van der Waals surface area contributed by atoms with Gasteiger partial charge in [0, 0.05) is 11.1 Å². The molecule has 0 bridgehead atoms. The average molecular weight is 688 g/mol. The summed E-state index contributed by atoms with van der Waals surface area (Å²) in [4.78, 5) is 33.7. The van der Waals surface area contributed by atoms with Crippen LogP contribution in [0.1, 0.15) is 40.8 Å². The fraction of sp³-hybridized carbons (Fsp3) is 0.179. The molecule has 0 saturated heterocycles. The number of aromatic nitrogens is 1. The van der Waals surface area contributed by atoms with Gasteiger partial charge in [0.15, 0.2) is 27.8 Å². The number of ether oxygens (including phenoxy) is 5. The van der Waals surface area contributed by atoms with Crippen LogP contribution in [0.2, 0.25) is 0 Å². The van der Waals surface area contributed by atoms with Gasteiger partial charge in [-0.2, -0.15) is 5.26 Å². The molecule has 5 aromatic rings. The zero-order chi connectivity index (χ0) is 35.2. The minimum absolute atomic E-state index is 0.133. The molecule has 0 aliphatic carbocycles. The number of hydrogen-bond donors (Lipinski definition) is 0. The van der Waals surface area contributed by atoms with Crippen molar-refractivity contribution < 1.29 is 28.5 Å². The molecule has 0 radical (unpaired) electrons. The Bertz CT molecular complexity index is 2300. The largest absolute Gasteiger partial charge is 0.493 e. The normalized spacial score (nSPS) is 13.9. The van der Waals surface area contributed by atoms with Crippen molar-refractivity contribution in [3.63, 3.8) is 0 Å². The summed E-state index contributed by atoms with van der Waals surface area (Å²) in [7, 11) is 4.62. The Morgan fingerprint density at radius 3 is 2.34 bits per heavy atom. The molecule has 1 aliphatic heterocycles. The van der Waals surface area contributed by atoms with Crippen LogP contribution in [-0.4, -0.2) is 38.5 Å². The number of carbonyl (C=O) groups is 1. The van der Waals surface area contributed by atoms with E-state index in [0.717, 1.165) is 5.56 Å². The molecule has 6 rings (SSSR count). The van der Waals surface area contributed by atoms with Crippen LogP contribution in [0.5, 0.6) is 23.0 Å². The standard InChI is InChI=1S/C39H33N3O7S/c1-5-48-38(44)33-34(26-10-7-6-8-11-26)41-39-42(35(33)27-18-19-29(45-2)31(20-27)47-4)37(43)32(50-39)21-28-12-9-13-30(46-3)36(28)49-23-25-16-14-24(22-40)15-17-25/h6-21,35H,5,23H2,1-4H3/b32-21-/t35-/m1/s1. The van der Waals surface area contributed by atoms with Crippen LogP contribution in [0, 0.1) is 11.3 Å². The maximum atomic E-state index is 14.5. The first kappa shape index (κ1) is 33.8. The highest BCUT2D eigenvalue weighted by Crippen LogP contribution is 2.39. The molecule has 252 valence electrons. The van der Waals surface area contributed by atoms with E-state index in [-0.39, 0.29) is 24.3 Å². The highest BCUT2D eigenvalue weighted by molar-refractivity contribution is 7.07. The molecular weight excluding hydrogens is 655 g/mol. The van der Waals surface area contributed by atoms with Gasteiger partial charge in [0.25, 0.3) is 5.56 Å². The molecule has 0 unspecified atom stereocenters. The van der Waals surface area contributed by atoms with Gasteiger partial charge in [-0.1, -0.05) is 72.0 Å². The van der Waals surface area contributed by atoms with E-state index in [1.807, 2.05) is 54.6 Å². The number of nitrogens with zero attached hydrogens (tertiary/aromatic N) is 3. The lowest BCUT2D eigenvalue weighted by atomic mass is 9.93. The van der Waals surface area contributed by atoms with E-state index < -0.39 is 12.0 Å². The lowest BCUT2D eigenvalue weighted by Gasteiger charge is -2.26. The number of esters is 1. The van der Waals surface area contributed by atoms with Crippen molar-refractivity contribution in [3.8, 4) is 29.1 Å². The van der Waals surface area contributed by atoms with Crippen molar-refractivity contribution in [1.29, 1.82) is 5.26 Å². The second-order valence-corrected chi connectivity index (χ2v) is 12.0. The summed E-state index contributed by atoms with van der Waals surface area (Å²) in [6.07, 6.45) is 1.74. The first-order valence-corrected chi connectivity index (χ1v) is 16.5. The highest BCUT2D eigenvalue weighted by Gasteiger charge is 2.35. The zero-order valence-electron chi connectivity index (χ0n) is 27.8.